The highest BCUT2D eigenvalue weighted by molar-refractivity contribution is 7.09. The number of nitrogens with zero attached hydrogens (tertiary/aromatic N) is 2. The predicted molar refractivity (Wildman–Crippen MR) is 89.4 cm³/mol. The summed E-state index contributed by atoms with van der Waals surface area (Å²) >= 11 is 1.50. The molecule has 0 radical (unpaired) electrons. The molecule has 1 saturated heterocycles. The van der Waals surface area contributed by atoms with Gasteiger partial charge in [0, 0.05) is 23.6 Å². The summed E-state index contributed by atoms with van der Waals surface area (Å²) < 4.78 is 10.8. The largest absolute Gasteiger partial charge is 0.497 e. The first-order chi connectivity index (χ1) is 11.1. The maximum atomic E-state index is 12.8. The Labute approximate surface area is 139 Å². The Kier molecular flexibility index (Phi) is 4.52. The fraction of sp³-hybridized carbons (Fsp3) is 0.412. The molecule has 6 heteroatoms. The van der Waals surface area contributed by atoms with E-state index in [1.54, 1.807) is 14.2 Å². The van der Waals surface area contributed by atoms with Gasteiger partial charge in [-0.3, -0.25) is 4.79 Å². The summed E-state index contributed by atoms with van der Waals surface area (Å²) in [4.78, 5) is 19.0. The van der Waals surface area contributed by atoms with Crippen molar-refractivity contribution in [2.24, 2.45) is 0 Å². The minimum absolute atomic E-state index is 0.00489. The Hall–Kier alpha value is -2.08. The third-order valence-electron chi connectivity index (χ3n) is 4.15. The second kappa shape index (κ2) is 6.58. The van der Waals surface area contributed by atoms with Gasteiger partial charge in [0.2, 0.25) is 0 Å². The van der Waals surface area contributed by atoms with Gasteiger partial charge in [-0.15, -0.1) is 11.3 Å². The van der Waals surface area contributed by atoms with Crippen molar-refractivity contribution >= 4 is 17.2 Å². The number of carbonyl (C=O) groups excluding carboxylic acids is 1. The predicted octanol–water partition coefficient (Wildman–Crippen LogP) is 3.45. The number of hydrogen-bond donors (Lipinski definition) is 0. The summed E-state index contributed by atoms with van der Waals surface area (Å²) in [5.41, 5.74) is 1.55. The van der Waals surface area contributed by atoms with Crippen LogP contribution in [0.25, 0.3) is 0 Å². The molecule has 0 bridgehead atoms. The fourth-order valence-electron chi connectivity index (χ4n) is 3.04. The van der Waals surface area contributed by atoms with Crippen molar-refractivity contribution in [1.82, 2.24) is 9.88 Å². The molecule has 0 spiro atoms. The smallest absolute Gasteiger partial charge is 0.273 e. The number of hydrogen-bond acceptors (Lipinski definition) is 5. The fourth-order valence-corrected chi connectivity index (χ4v) is 3.62. The van der Waals surface area contributed by atoms with E-state index in [4.69, 9.17) is 9.47 Å². The molecule has 5 nitrogen and oxygen atoms in total. The van der Waals surface area contributed by atoms with Gasteiger partial charge in [-0.05, 0) is 31.9 Å². The van der Waals surface area contributed by atoms with Gasteiger partial charge in [0.1, 0.15) is 17.2 Å². The van der Waals surface area contributed by atoms with Crippen LogP contribution in [0.15, 0.2) is 23.6 Å². The Morgan fingerprint density at radius 1 is 1.35 bits per heavy atom. The molecule has 1 amide bonds. The molecule has 1 aliphatic rings. The molecule has 23 heavy (non-hydrogen) atoms. The highest BCUT2D eigenvalue weighted by Crippen LogP contribution is 2.39. The maximum Gasteiger partial charge on any atom is 0.273 e. The highest BCUT2D eigenvalue weighted by atomic mass is 32.1. The minimum Gasteiger partial charge on any atom is -0.497 e. The van der Waals surface area contributed by atoms with Crippen LogP contribution in [0.3, 0.4) is 0 Å². The zero-order valence-electron chi connectivity index (χ0n) is 13.5. The Bertz CT molecular complexity index is 714. The van der Waals surface area contributed by atoms with Crippen molar-refractivity contribution in [3.63, 3.8) is 0 Å². The van der Waals surface area contributed by atoms with Crippen molar-refractivity contribution in [2.45, 2.75) is 25.8 Å². The van der Waals surface area contributed by atoms with Crippen molar-refractivity contribution in [3.05, 3.63) is 39.8 Å². The SMILES string of the molecule is COc1ccc(C2CCCN2C(=O)c2csc(C)n2)c(OC)c1. The van der Waals surface area contributed by atoms with Gasteiger partial charge in [0.05, 0.1) is 25.3 Å². The van der Waals surface area contributed by atoms with Crippen LogP contribution >= 0.6 is 11.3 Å². The number of ether oxygens (including phenoxy) is 2. The lowest BCUT2D eigenvalue weighted by Crippen LogP contribution is -2.31. The van der Waals surface area contributed by atoms with Crippen LogP contribution in [0.1, 0.15) is 39.9 Å². The first-order valence-corrected chi connectivity index (χ1v) is 8.47. The van der Waals surface area contributed by atoms with Crippen LogP contribution in [-0.2, 0) is 0 Å². The lowest BCUT2D eigenvalue weighted by molar-refractivity contribution is 0.0729. The first kappa shape index (κ1) is 15.8. The molecule has 1 aromatic heterocycles. The zero-order valence-corrected chi connectivity index (χ0v) is 14.4. The molecule has 0 aliphatic carbocycles. The summed E-state index contributed by atoms with van der Waals surface area (Å²) in [5.74, 6) is 1.50. The third kappa shape index (κ3) is 3.03. The van der Waals surface area contributed by atoms with E-state index in [2.05, 4.69) is 4.98 Å². The second-order valence-corrected chi connectivity index (χ2v) is 6.58. The molecular weight excluding hydrogens is 312 g/mol. The number of thiazole rings is 1. The molecule has 3 rings (SSSR count). The lowest BCUT2D eigenvalue weighted by atomic mass is 10.0. The molecule has 0 N–H and O–H groups in total. The standard InChI is InChI=1S/C17H20N2O3S/c1-11-18-14(10-23-11)17(20)19-8-4-5-15(19)13-7-6-12(21-2)9-16(13)22-3/h6-7,9-10,15H,4-5,8H2,1-3H3. The molecule has 0 saturated carbocycles. The van der Waals surface area contributed by atoms with E-state index in [0.717, 1.165) is 41.5 Å². The van der Waals surface area contributed by atoms with Gasteiger partial charge in [0.25, 0.3) is 5.91 Å². The summed E-state index contributed by atoms with van der Waals surface area (Å²) in [6, 6.07) is 5.78. The van der Waals surface area contributed by atoms with E-state index in [9.17, 15) is 4.79 Å². The van der Waals surface area contributed by atoms with Crippen molar-refractivity contribution in [2.75, 3.05) is 20.8 Å². The highest BCUT2D eigenvalue weighted by Gasteiger charge is 2.33. The third-order valence-corrected chi connectivity index (χ3v) is 4.92. The van der Waals surface area contributed by atoms with Gasteiger partial charge in [0.15, 0.2) is 0 Å². The number of rotatable bonds is 4. The Morgan fingerprint density at radius 3 is 2.83 bits per heavy atom. The van der Waals surface area contributed by atoms with E-state index in [1.165, 1.54) is 11.3 Å². The minimum atomic E-state index is -0.00489. The van der Waals surface area contributed by atoms with Crippen LogP contribution in [0.2, 0.25) is 0 Å². The molecule has 122 valence electrons. The van der Waals surface area contributed by atoms with Crippen molar-refractivity contribution in [1.29, 1.82) is 0 Å². The van der Waals surface area contributed by atoms with E-state index in [0.29, 0.717) is 5.69 Å². The number of aromatic nitrogens is 1. The molecule has 2 aromatic rings. The van der Waals surface area contributed by atoms with Crippen LogP contribution in [0, 0.1) is 6.92 Å². The summed E-state index contributed by atoms with van der Waals surface area (Å²) in [6.07, 6.45) is 1.91. The average Bonchev–Trinajstić information content (AvgIpc) is 3.22. The van der Waals surface area contributed by atoms with Crippen molar-refractivity contribution in [3.8, 4) is 11.5 Å². The number of likely N-dealkylation sites (tertiary alicyclic amines) is 1. The number of carbonyl (C=O) groups is 1. The van der Waals surface area contributed by atoms with Crippen LogP contribution in [-0.4, -0.2) is 36.6 Å². The molecular formula is C17H20N2O3S. The lowest BCUT2D eigenvalue weighted by Gasteiger charge is -2.26. The quantitative estimate of drug-likeness (QED) is 0.860. The zero-order chi connectivity index (χ0) is 16.4. The normalized spacial score (nSPS) is 17.3. The molecule has 1 unspecified atom stereocenters. The first-order valence-electron chi connectivity index (χ1n) is 7.59. The summed E-state index contributed by atoms with van der Waals surface area (Å²) in [6.45, 7) is 2.66. The van der Waals surface area contributed by atoms with Gasteiger partial charge in [-0.1, -0.05) is 0 Å². The average molecular weight is 332 g/mol. The maximum absolute atomic E-state index is 12.8. The van der Waals surface area contributed by atoms with Crippen LogP contribution < -0.4 is 9.47 Å². The number of amides is 1. The van der Waals surface area contributed by atoms with Crippen LogP contribution in [0.5, 0.6) is 11.5 Å². The molecule has 1 aliphatic heterocycles. The van der Waals surface area contributed by atoms with Crippen molar-refractivity contribution < 1.29 is 14.3 Å². The Morgan fingerprint density at radius 2 is 2.17 bits per heavy atom. The van der Waals surface area contributed by atoms with E-state index >= 15 is 0 Å². The van der Waals surface area contributed by atoms with E-state index in [-0.39, 0.29) is 11.9 Å². The van der Waals surface area contributed by atoms with Gasteiger partial charge < -0.3 is 14.4 Å². The molecule has 1 aromatic carbocycles. The Balaban J connectivity index is 1.91. The van der Waals surface area contributed by atoms with Crippen LogP contribution in [0.4, 0.5) is 0 Å². The number of aryl methyl sites for hydroxylation is 1. The van der Waals surface area contributed by atoms with E-state index < -0.39 is 0 Å². The topological polar surface area (TPSA) is 51.7 Å². The molecule has 1 fully saturated rings. The number of benzene rings is 1. The number of methoxy groups -OCH3 is 2. The summed E-state index contributed by atoms with van der Waals surface area (Å²) in [7, 11) is 3.27. The molecule has 1 atom stereocenters. The van der Waals surface area contributed by atoms with E-state index in [1.807, 2.05) is 35.4 Å². The second-order valence-electron chi connectivity index (χ2n) is 5.52. The molecule has 2 heterocycles. The summed E-state index contributed by atoms with van der Waals surface area (Å²) in [5, 5.41) is 2.74. The van der Waals surface area contributed by atoms with Gasteiger partial charge >= 0.3 is 0 Å². The van der Waals surface area contributed by atoms with Gasteiger partial charge in [-0.2, -0.15) is 0 Å². The van der Waals surface area contributed by atoms with Gasteiger partial charge in [-0.25, -0.2) is 4.98 Å². The monoisotopic (exact) mass is 332 g/mol.